The van der Waals surface area contributed by atoms with E-state index >= 15 is 0 Å². The summed E-state index contributed by atoms with van der Waals surface area (Å²) in [5.41, 5.74) is 1.04. The Morgan fingerprint density at radius 2 is 2.08 bits per heavy atom. The lowest BCUT2D eigenvalue weighted by Crippen LogP contribution is -2.40. The molecule has 4 rings (SSSR count). The molecule has 8 heteroatoms. The number of carbonyl (C=O) groups excluding carboxylic acids is 1. The van der Waals surface area contributed by atoms with E-state index in [1.807, 2.05) is 12.4 Å². The van der Waals surface area contributed by atoms with Crippen LogP contribution in [0.4, 0.5) is 4.79 Å². The Morgan fingerprint density at radius 1 is 1.28 bits per heavy atom. The standard InChI is InChI=1S/C17H22N6O2/c1-11-21-16(22-25-11)14-3-2-8-23(14)17(24)18-7-6-12-9-19-15(20-10-12)13-4-5-13/h9-10,13-14H,2-8H2,1H3,(H,18,24)/t14-/m0/s1. The first kappa shape index (κ1) is 16.0. The highest BCUT2D eigenvalue weighted by atomic mass is 16.5. The molecule has 2 amide bonds. The molecule has 1 saturated carbocycles. The van der Waals surface area contributed by atoms with Crippen molar-refractivity contribution in [3.8, 4) is 0 Å². The van der Waals surface area contributed by atoms with Crippen LogP contribution in [-0.2, 0) is 6.42 Å². The largest absolute Gasteiger partial charge is 0.340 e. The van der Waals surface area contributed by atoms with Crippen molar-refractivity contribution in [2.75, 3.05) is 13.1 Å². The van der Waals surface area contributed by atoms with Gasteiger partial charge < -0.3 is 14.7 Å². The quantitative estimate of drug-likeness (QED) is 0.894. The zero-order chi connectivity index (χ0) is 17.2. The van der Waals surface area contributed by atoms with Gasteiger partial charge >= 0.3 is 6.03 Å². The molecule has 132 valence electrons. The summed E-state index contributed by atoms with van der Waals surface area (Å²) in [4.78, 5) is 27.3. The summed E-state index contributed by atoms with van der Waals surface area (Å²) in [6.07, 6.45) is 8.67. The molecule has 3 heterocycles. The van der Waals surface area contributed by atoms with Crippen molar-refractivity contribution in [1.82, 2.24) is 30.3 Å². The Balaban J connectivity index is 1.29. The number of likely N-dealkylation sites (tertiary alicyclic amines) is 1. The summed E-state index contributed by atoms with van der Waals surface area (Å²) in [6, 6.07) is -0.181. The van der Waals surface area contributed by atoms with E-state index in [1.54, 1.807) is 11.8 Å². The van der Waals surface area contributed by atoms with E-state index in [1.165, 1.54) is 12.8 Å². The first-order chi connectivity index (χ1) is 12.2. The normalized spacial score (nSPS) is 20.0. The number of aromatic nitrogens is 4. The topological polar surface area (TPSA) is 97.0 Å². The number of rotatable bonds is 5. The van der Waals surface area contributed by atoms with Crippen molar-refractivity contribution >= 4 is 6.03 Å². The van der Waals surface area contributed by atoms with Crippen LogP contribution in [0, 0.1) is 6.92 Å². The van der Waals surface area contributed by atoms with Crippen LogP contribution in [0.5, 0.6) is 0 Å². The molecule has 0 radical (unpaired) electrons. The van der Waals surface area contributed by atoms with Crippen LogP contribution in [0.2, 0.25) is 0 Å². The van der Waals surface area contributed by atoms with Crippen molar-refractivity contribution in [1.29, 1.82) is 0 Å². The summed E-state index contributed by atoms with van der Waals surface area (Å²) >= 11 is 0. The number of nitrogens with zero attached hydrogens (tertiary/aromatic N) is 5. The van der Waals surface area contributed by atoms with Gasteiger partial charge in [-0.05, 0) is 37.7 Å². The molecular formula is C17H22N6O2. The molecule has 1 aliphatic carbocycles. The number of nitrogens with one attached hydrogen (secondary N) is 1. The minimum atomic E-state index is -0.0985. The Hall–Kier alpha value is -2.51. The number of carbonyl (C=O) groups is 1. The average molecular weight is 342 g/mol. The fraction of sp³-hybridized carbons (Fsp3) is 0.588. The van der Waals surface area contributed by atoms with Crippen LogP contribution in [0.25, 0.3) is 0 Å². The molecule has 1 aliphatic heterocycles. The molecule has 0 spiro atoms. The van der Waals surface area contributed by atoms with Gasteiger partial charge in [0.05, 0.1) is 6.04 Å². The molecule has 0 unspecified atom stereocenters. The van der Waals surface area contributed by atoms with Crippen LogP contribution in [-0.4, -0.2) is 44.1 Å². The van der Waals surface area contributed by atoms with Crippen molar-refractivity contribution < 1.29 is 9.32 Å². The summed E-state index contributed by atoms with van der Waals surface area (Å²) in [7, 11) is 0. The molecule has 2 aromatic heterocycles. The molecule has 2 aromatic rings. The van der Waals surface area contributed by atoms with E-state index in [2.05, 4.69) is 25.4 Å². The number of aryl methyl sites for hydroxylation is 1. The van der Waals surface area contributed by atoms with Crippen LogP contribution in [0.3, 0.4) is 0 Å². The molecular weight excluding hydrogens is 320 g/mol. The second-order valence-electron chi connectivity index (χ2n) is 6.73. The highest BCUT2D eigenvalue weighted by Crippen LogP contribution is 2.37. The predicted molar refractivity (Wildman–Crippen MR) is 88.8 cm³/mol. The molecule has 8 nitrogen and oxygen atoms in total. The van der Waals surface area contributed by atoms with Crippen LogP contribution in [0.1, 0.15) is 60.7 Å². The smallest absolute Gasteiger partial charge is 0.318 e. The third-order valence-corrected chi connectivity index (χ3v) is 4.71. The fourth-order valence-electron chi connectivity index (χ4n) is 3.19. The van der Waals surface area contributed by atoms with Crippen molar-refractivity contribution in [3.05, 3.63) is 35.5 Å². The molecule has 1 atom stereocenters. The van der Waals surface area contributed by atoms with Gasteiger partial charge in [0.1, 0.15) is 5.82 Å². The van der Waals surface area contributed by atoms with Gasteiger partial charge in [0.15, 0.2) is 5.82 Å². The lowest BCUT2D eigenvalue weighted by molar-refractivity contribution is 0.190. The van der Waals surface area contributed by atoms with E-state index in [9.17, 15) is 4.79 Å². The maximum atomic E-state index is 12.5. The van der Waals surface area contributed by atoms with Gasteiger partial charge in [0.2, 0.25) is 5.89 Å². The number of hydrogen-bond donors (Lipinski definition) is 1. The van der Waals surface area contributed by atoms with Gasteiger partial charge in [-0.2, -0.15) is 4.98 Å². The summed E-state index contributed by atoms with van der Waals surface area (Å²) in [5, 5.41) is 6.94. The first-order valence-electron chi connectivity index (χ1n) is 8.86. The number of hydrogen-bond acceptors (Lipinski definition) is 6. The highest BCUT2D eigenvalue weighted by Gasteiger charge is 2.33. The third kappa shape index (κ3) is 3.62. The maximum Gasteiger partial charge on any atom is 0.318 e. The fourth-order valence-corrected chi connectivity index (χ4v) is 3.19. The molecule has 25 heavy (non-hydrogen) atoms. The molecule has 1 saturated heterocycles. The van der Waals surface area contributed by atoms with Crippen LogP contribution in [0.15, 0.2) is 16.9 Å². The Morgan fingerprint density at radius 3 is 2.76 bits per heavy atom. The first-order valence-corrected chi connectivity index (χ1v) is 8.86. The van der Waals surface area contributed by atoms with E-state index < -0.39 is 0 Å². The predicted octanol–water partition coefficient (Wildman–Crippen LogP) is 2.13. The molecule has 0 bridgehead atoms. The Bertz CT molecular complexity index is 740. The molecule has 2 fully saturated rings. The summed E-state index contributed by atoms with van der Waals surface area (Å²) < 4.78 is 5.04. The average Bonchev–Trinajstić information content (AvgIpc) is 3.19. The van der Waals surface area contributed by atoms with E-state index in [4.69, 9.17) is 4.52 Å². The van der Waals surface area contributed by atoms with E-state index in [0.717, 1.165) is 30.7 Å². The van der Waals surface area contributed by atoms with E-state index in [0.29, 0.717) is 30.7 Å². The van der Waals surface area contributed by atoms with Crippen molar-refractivity contribution in [2.24, 2.45) is 0 Å². The number of amides is 2. The van der Waals surface area contributed by atoms with Gasteiger partial charge in [0, 0.05) is 38.3 Å². The van der Waals surface area contributed by atoms with Gasteiger partial charge in [-0.1, -0.05) is 5.16 Å². The SMILES string of the molecule is Cc1nc([C@@H]2CCCN2C(=O)NCCc2cnc(C3CC3)nc2)no1. The minimum Gasteiger partial charge on any atom is -0.340 e. The zero-order valence-electron chi connectivity index (χ0n) is 14.3. The molecule has 0 aromatic carbocycles. The van der Waals surface area contributed by atoms with Gasteiger partial charge in [0.25, 0.3) is 0 Å². The summed E-state index contributed by atoms with van der Waals surface area (Å²) in [5.74, 6) is 2.63. The van der Waals surface area contributed by atoms with Crippen molar-refractivity contribution in [3.63, 3.8) is 0 Å². The monoisotopic (exact) mass is 342 g/mol. The van der Waals surface area contributed by atoms with Crippen LogP contribution >= 0.6 is 0 Å². The van der Waals surface area contributed by atoms with Gasteiger partial charge in [-0.25, -0.2) is 14.8 Å². The second kappa shape index (κ2) is 6.78. The number of urea groups is 1. The highest BCUT2D eigenvalue weighted by molar-refractivity contribution is 5.74. The maximum absolute atomic E-state index is 12.5. The van der Waals surface area contributed by atoms with Gasteiger partial charge in [-0.15, -0.1) is 0 Å². The lowest BCUT2D eigenvalue weighted by Gasteiger charge is -2.22. The summed E-state index contributed by atoms with van der Waals surface area (Å²) in [6.45, 7) is 3.02. The Labute approximate surface area is 146 Å². The van der Waals surface area contributed by atoms with E-state index in [-0.39, 0.29) is 12.1 Å². The second-order valence-corrected chi connectivity index (χ2v) is 6.73. The van der Waals surface area contributed by atoms with Crippen LogP contribution < -0.4 is 5.32 Å². The van der Waals surface area contributed by atoms with Gasteiger partial charge in [-0.3, -0.25) is 0 Å². The Kier molecular flexibility index (Phi) is 4.33. The molecule has 2 aliphatic rings. The molecule has 1 N–H and O–H groups in total. The minimum absolute atomic E-state index is 0.0829. The lowest BCUT2D eigenvalue weighted by atomic mass is 10.2. The zero-order valence-corrected chi connectivity index (χ0v) is 14.3. The third-order valence-electron chi connectivity index (χ3n) is 4.71. The van der Waals surface area contributed by atoms with Crippen molar-refractivity contribution in [2.45, 2.75) is 51.0 Å².